The summed E-state index contributed by atoms with van der Waals surface area (Å²) < 4.78 is 5.10. The van der Waals surface area contributed by atoms with Crippen LogP contribution in [0.15, 0.2) is 0 Å². The fourth-order valence-corrected chi connectivity index (χ4v) is 3.45. The number of likely N-dealkylation sites (N-methyl/N-ethyl adjacent to an activating group) is 1. The highest BCUT2D eigenvalue weighted by Gasteiger charge is 2.56. The lowest BCUT2D eigenvalue weighted by atomic mass is 9.85. The van der Waals surface area contributed by atoms with Crippen LogP contribution in [-0.2, 0) is 9.53 Å². The zero-order chi connectivity index (χ0) is 15.6. The molecule has 0 aromatic carbocycles. The molecule has 1 spiro atoms. The normalized spacial score (nSPS) is 24.2. The highest BCUT2D eigenvalue weighted by Crippen LogP contribution is 2.37. The summed E-state index contributed by atoms with van der Waals surface area (Å²) in [5, 5.41) is 0. The van der Waals surface area contributed by atoms with Crippen LogP contribution in [0.1, 0.15) is 33.1 Å². The summed E-state index contributed by atoms with van der Waals surface area (Å²) in [7, 11) is 3.20. The van der Waals surface area contributed by atoms with Gasteiger partial charge in [0.2, 0.25) is 0 Å². The first kappa shape index (κ1) is 16.2. The van der Waals surface area contributed by atoms with Gasteiger partial charge in [0.25, 0.3) is 5.91 Å². The Hall–Kier alpha value is -1.14. The molecular weight excluding hydrogens is 270 g/mol. The smallest absolute Gasteiger partial charge is 0.327 e. The quantitative estimate of drug-likeness (QED) is 0.715. The van der Waals surface area contributed by atoms with Gasteiger partial charge in [-0.1, -0.05) is 6.92 Å². The van der Waals surface area contributed by atoms with Crippen LogP contribution < -0.4 is 0 Å². The minimum absolute atomic E-state index is 0.0487. The number of hydrogen-bond donors (Lipinski definition) is 0. The molecule has 2 rings (SSSR count). The van der Waals surface area contributed by atoms with E-state index in [1.54, 1.807) is 19.1 Å². The van der Waals surface area contributed by atoms with E-state index >= 15 is 0 Å². The molecule has 0 N–H and O–H groups in total. The number of amides is 3. The van der Waals surface area contributed by atoms with Crippen molar-refractivity contribution in [3.63, 3.8) is 0 Å². The molecule has 120 valence electrons. The Morgan fingerprint density at radius 2 is 1.90 bits per heavy atom. The third-order valence-corrected chi connectivity index (χ3v) is 5.10. The third-order valence-electron chi connectivity index (χ3n) is 5.10. The second-order valence-corrected chi connectivity index (χ2v) is 6.12. The van der Waals surface area contributed by atoms with Gasteiger partial charge in [-0.2, -0.15) is 0 Å². The molecule has 0 radical (unpaired) electrons. The van der Waals surface area contributed by atoms with Crippen LogP contribution in [0, 0.1) is 0 Å². The number of carbonyl (C=O) groups excluding carboxylic acids is 2. The van der Waals surface area contributed by atoms with E-state index in [2.05, 4.69) is 18.7 Å². The van der Waals surface area contributed by atoms with E-state index in [0.29, 0.717) is 19.2 Å². The number of imide groups is 1. The van der Waals surface area contributed by atoms with E-state index in [0.717, 1.165) is 32.4 Å². The van der Waals surface area contributed by atoms with Crippen LogP contribution in [-0.4, -0.2) is 78.6 Å². The van der Waals surface area contributed by atoms with Crippen molar-refractivity contribution < 1.29 is 14.3 Å². The molecule has 0 saturated carbocycles. The molecule has 3 amide bonds. The molecule has 2 aliphatic rings. The minimum Gasteiger partial charge on any atom is -0.383 e. The van der Waals surface area contributed by atoms with Crippen LogP contribution >= 0.6 is 0 Å². The first-order valence-electron chi connectivity index (χ1n) is 7.80. The predicted octanol–water partition coefficient (Wildman–Crippen LogP) is 1.16. The molecule has 2 heterocycles. The van der Waals surface area contributed by atoms with Gasteiger partial charge < -0.3 is 14.5 Å². The lowest BCUT2D eigenvalue weighted by Crippen LogP contribution is -2.58. The summed E-state index contributed by atoms with van der Waals surface area (Å²) in [4.78, 5) is 30.4. The number of piperidine rings is 1. The number of hydrogen-bond acceptors (Lipinski definition) is 4. The number of rotatable bonds is 5. The van der Waals surface area contributed by atoms with E-state index in [-0.39, 0.29) is 11.9 Å². The Balaban J connectivity index is 2.15. The molecule has 2 saturated heterocycles. The zero-order valence-corrected chi connectivity index (χ0v) is 13.6. The average Bonchev–Trinajstić information content (AvgIpc) is 2.68. The van der Waals surface area contributed by atoms with Crippen molar-refractivity contribution in [3.8, 4) is 0 Å². The van der Waals surface area contributed by atoms with E-state index < -0.39 is 5.54 Å². The van der Waals surface area contributed by atoms with E-state index in [1.807, 2.05) is 0 Å². The Bertz CT molecular complexity index is 405. The molecule has 0 aromatic rings. The summed E-state index contributed by atoms with van der Waals surface area (Å²) in [6, 6.07) is 0.341. The van der Waals surface area contributed by atoms with E-state index in [9.17, 15) is 9.59 Å². The molecule has 6 nitrogen and oxygen atoms in total. The van der Waals surface area contributed by atoms with Crippen LogP contribution in [0.25, 0.3) is 0 Å². The Morgan fingerprint density at radius 1 is 1.29 bits per heavy atom. The average molecular weight is 297 g/mol. The van der Waals surface area contributed by atoms with Crippen LogP contribution in [0.2, 0.25) is 0 Å². The van der Waals surface area contributed by atoms with Crippen molar-refractivity contribution in [2.45, 2.75) is 44.7 Å². The summed E-state index contributed by atoms with van der Waals surface area (Å²) in [6.45, 7) is 7.07. The van der Waals surface area contributed by atoms with Crippen molar-refractivity contribution in [3.05, 3.63) is 0 Å². The van der Waals surface area contributed by atoms with Gasteiger partial charge in [-0.05, 0) is 26.2 Å². The Morgan fingerprint density at radius 3 is 2.43 bits per heavy atom. The van der Waals surface area contributed by atoms with E-state index in [4.69, 9.17) is 4.74 Å². The molecule has 21 heavy (non-hydrogen) atoms. The Kier molecular flexibility index (Phi) is 4.88. The molecular formula is C15H27N3O3. The Labute approximate surface area is 127 Å². The number of urea groups is 1. The van der Waals surface area contributed by atoms with Crippen molar-refractivity contribution >= 4 is 11.9 Å². The number of methoxy groups -OCH3 is 1. The molecule has 2 aliphatic heterocycles. The third kappa shape index (κ3) is 2.66. The lowest BCUT2D eigenvalue weighted by molar-refractivity contribution is -0.135. The second-order valence-electron chi connectivity index (χ2n) is 6.12. The maximum atomic E-state index is 12.6. The van der Waals surface area contributed by atoms with Gasteiger partial charge in [0.05, 0.1) is 6.61 Å². The monoisotopic (exact) mass is 297 g/mol. The van der Waals surface area contributed by atoms with Gasteiger partial charge in [-0.15, -0.1) is 0 Å². The second kappa shape index (κ2) is 6.32. The number of carbonyl (C=O) groups is 2. The SMILES string of the molecule is CC[C@@H](C)N1CCC2(CC1)C(=O)N(C)C(=O)N2CCOC. The highest BCUT2D eigenvalue weighted by molar-refractivity contribution is 6.06. The van der Waals surface area contributed by atoms with Gasteiger partial charge >= 0.3 is 6.03 Å². The van der Waals surface area contributed by atoms with Gasteiger partial charge in [0.1, 0.15) is 5.54 Å². The van der Waals surface area contributed by atoms with Gasteiger partial charge in [-0.3, -0.25) is 9.69 Å². The molecule has 0 unspecified atom stereocenters. The number of ether oxygens (including phenoxy) is 1. The first-order valence-corrected chi connectivity index (χ1v) is 7.80. The minimum atomic E-state index is -0.645. The molecule has 1 atom stereocenters. The number of nitrogens with zero attached hydrogens (tertiary/aromatic N) is 3. The van der Waals surface area contributed by atoms with Crippen molar-refractivity contribution in [2.75, 3.05) is 40.4 Å². The lowest BCUT2D eigenvalue weighted by Gasteiger charge is -2.43. The molecule has 0 bridgehead atoms. The molecule has 0 aromatic heterocycles. The molecule has 6 heteroatoms. The van der Waals surface area contributed by atoms with Crippen molar-refractivity contribution in [1.29, 1.82) is 0 Å². The maximum Gasteiger partial charge on any atom is 0.327 e. The van der Waals surface area contributed by atoms with E-state index in [1.165, 1.54) is 4.90 Å². The predicted molar refractivity (Wildman–Crippen MR) is 80.0 cm³/mol. The van der Waals surface area contributed by atoms with Gasteiger partial charge in [0, 0.05) is 39.8 Å². The summed E-state index contributed by atoms with van der Waals surface area (Å²) in [5.74, 6) is -0.0487. The number of likely N-dealkylation sites (tertiary alicyclic amines) is 1. The fourth-order valence-electron chi connectivity index (χ4n) is 3.45. The van der Waals surface area contributed by atoms with Gasteiger partial charge in [0.15, 0.2) is 0 Å². The highest BCUT2D eigenvalue weighted by atomic mass is 16.5. The standard InChI is InChI=1S/C15H27N3O3/c1-5-12(2)17-8-6-15(7-9-17)13(19)16(3)14(20)18(15)10-11-21-4/h12H,5-11H2,1-4H3/t12-/m1/s1. The zero-order valence-electron chi connectivity index (χ0n) is 13.6. The molecule has 0 aliphatic carbocycles. The largest absolute Gasteiger partial charge is 0.383 e. The maximum absolute atomic E-state index is 12.6. The van der Waals surface area contributed by atoms with Crippen LogP contribution in [0.3, 0.4) is 0 Å². The summed E-state index contributed by atoms with van der Waals surface area (Å²) >= 11 is 0. The van der Waals surface area contributed by atoms with Crippen LogP contribution in [0.4, 0.5) is 4.79 Å². The summed E-state index contributed by atoms with van der Waals surface area (Å²) in [5.41, 5.74) is -0.645. The van der Waals surface area contributed by atoms with Crippen molar-refractivity contribution in [2.24, 2.45) is 0 Å². The molecule has 2 fully saturated rings. The fraction of sp³-hybridized carbons (Fsp3) is 0.867. The summed E-state index contributed by atoms with van der Waals surface area (Å²) in [6.07, 6.45) is 2.54. The first-order chi connectivity index (χ1) is 9.97. The van der Waals surface area contributed by atoms with Crippen LogP contribution in [0.5, 0.6) is 0 Å². The van der Waals surface area contributed by atoms with Gasteiger partial charge in [-0.25, -0.2) is 4.79 Å². The van der Waals surface area contributed by atoms with Crippen molar-refractivity contribution in [1.82, 2.24) is 14.7 Å². The topological polar surface area (TPSA) is 53.1 Å².